The first kappa shape index (κ1) is 13.4. The van der Waals surface area contributed by atoms with Crippen LogP contribution >= 0.6 is 0 Å². The van der Waals surface area contributed by atoms with Crippen molar-refractivity contribution in [1.82, 2.24) is 15.1 Å². The molecule has 0 amide bonds. The molecule has 102 valence electrons. The van der Waals surface area contributed by atoms with Crippen molar-refractivity contribution in [2.24, 2.45) is 10.9 Å². The predicted molar refractivity (Wildman–Crippen MR) is 76.4 cm³/mol. The van der Waals surface area contributed by atoms with Crippen molar-refractivity contribution in [3.05, 3.63) is 11.9 Å². The molecular formula is C14H26N4. The molecule has 0 aromatic carbocycles. The molecule has 2 unspecified atom stereocenters. The Morgan fingerprint density at radius 2 is 2.28 bits per heavy atom. The molecule has 0 spiro atoms. The lowest BCUT2D eigenvalue weighted by atomic mass is 10.0. The molecular weight excluding hydrogens is 224 g/mol. The number of aliphatic imine (C=N–C) groups is 1. The minimum atomic E-state index is 0.268. The molecule has 2 atom stereocenters. The van der Waals surface area contributed by atoms with Crippen LogP contribution in [0.2, 0.25) is 0 Å². The highest BCUT2D eigenvalue weighted by Crippen LogP contribution is 2.23. The van der Waals surface area contributed by atoms with E-state index in [4.69, 9.17) is 4.99 Å². The lowest BCUT2D eigenvalue weighted by molar-refractivity contribution is 0.219. The van der Waals surface area contributed by atoms with Gasteiger partial charge in [-0.25, -0.2) is 4.99 Å². The Labute approximate surface area is 111 Å². The first-order valence-electron chi connectivity index (χ1n) is 7.10. The highest BCUT2D eigenvalue weighted by atomic mass is 15.3. The van der Waals surface area contributed by atoms with Gasteiger partial charge in [0.25, 0.3) is 0 Å². The Morgan fingerprint density at radius 3 is 2.89 bits per heavy atom. The van der Waals surface area contributed by atoms with E-state index in [1.807, 2.05) is 7.05 Å². The molecule has 2 aliphatic heterocycles. The fourth-order valence-corrected chi connectivity index (χ4v) is 2.84. The number of hydrogen-bond acceptors (Lipinski definition) is 4. The summed E-state index contributed by atoms with van der Waals surface area (Å²) in [5.41, 5.74) is 0. The van der Waals surface area contributed by atoms with E-state index in [9.17, 15) is 0 Å². The van der Waals surface area contributed by atoms with Crippen molar-refractivity contribution in [1.29, 1.82) is 0 Å². The molecule has 0 aromatic heterocycles. The summed E-state index contributed by atoms with van der Waals surface area (Å²) in [6, 6.07) is 0. The highest BCUT2D eigenvalue weighted by Gasteiger charge is 2.24. The second-order valence-corrected chi connectivity index (χ2v) is 5.44. The molecule has 1 fully saturated rings. The summed E-state index contributed by atoms with van der Waals surface area (Å²) in [6.07, 6.45) is 6.13. The number of nitrogens with zero attached hydrogens (tertiary/aromatic N) is 3. The number of amidine groups is 1. The smallest absolute Gasteiger partial charge is 0.129 e. The monoisotopic (exact) mass is 250 g/mol. The van der Waals surface area contributed by atoms with E-state index in [1.54, 1.807) is 0 Å². The lowest BCUT2D eigenvalue weighted by Gasteiger charge is -2.38. The van der Waals surface area contributed by atoms with E-state index in [0.29, 0.717) is 0 Å². The quantitative estimate of drug-likeness (QED) is 0.829. The van der Waals surface area contributed by atoms with Crippen molar-refractivity contribution >= 4 is 5.84 Å². The van der Waals surface area contributed by atoms with Gasteiger partial charge in [0.2, 0.25) is 0 Å². The van der Waals surface area contributed by atoms with Gasteiger partial charge in [-0.1, -0.05) is 13.8 Å². The zero-order valence-electron chi connectivity index (χ0n) is 12.1. The van der Waals surface area contributed by atoms with Crippen LogP contribution < -0.4 is 5.32 Å². The van der Waals surface area contributed by atoms with Crippen LogP contribution in [0.4, 0.5) is 0 Å². The maximum Gasteiger partial charge on any atom is 0.129 e. The minimum absolute atomic E-state index is 0.268. The average molecular weight is 250 g/mol. The summed E-state index contributed by atoms with van der Waals surface area (Å²) >= 11 is 0. The van der Waals surface area contributed by atoms with Crippen molar-refractivity contribution in [2.75, 3.05) is 27.2 Å². The zero-order chi connectivity index (χ0) is 13.1. The van der Waals surface area contributed by atoms with Gasteiger partial charge < -0.3 is 9.80 Å². The molecule has 2 heterocycles. The van der Waals surface area contributed by atoms with Crippen LogP contribution in [0.25, 0.3) is 0 Å². The third kappa shape index (κ3) is 2.69. The second-order valence-electron chi connectivity index (χ2n) is 5.44. The Balaban J connectivity index is 2.17. The summed E-state index contributed by atoms with van der Waals surface area (Å²) in [5.74, 6) is 3.12. The lowest BCUT2D eigenvalue weighted by Crippen LogP contribution is -2.47. The van der Waals surface area contributed by atoms with Crippen LogP contribution in [0.1, 0.15) is 33.1 Å². The molecule has 4 nitrogen and oxygen atoms in total. The molecule has 0 radical (unpaired) electrons. The van der Waals surface area contributed by atoms with Crippen LogP contribution in [0, 0.1) is 5.92 Å². The van der Waals surface area contributed by atoms with Gasteiger partial charge >= 0.3 is 0 Å². The Kier molecular flexibility index (Phi) is 4.27. The normalized spacial score (nSPS) is 29.1. The summed E-state index contributed by atoms with van der Waals surface area (Å²) < 4.78 is 0. The zero-order valence-corrected chi connectivity index (χ0v) is 12.1. The van der Waals surface area contributed by atoms with E-state index >= 15 is 0 Å². The fraction of sp³-hybridized carbons (Fsp3) is 0.786. The number of likely N-dealkylation sites (N-methyl/N-ethyl adjacent to an activating group) is 2. The first-order chi connectivity index (χ1) is 8.65. The Morgan fingerprint density at radius 1 is 1.50 bits per heavy atom. The van der Waals surface area contributed by atoms with Crippen molar-refractivity contribution in [3.63, 3.8) is 0 Å². The standard InChI is InChI=1S/C14H26N4/c1-5-12-16-14(9-13(15-3)17(12)4)18-8-6-7-11(2)10-18/h9,11,13,15H,5-8,10H2,1-4H3. The fourth-order valence-electron chi connectivity index (χ4n) is 2.84. The van der Waals surface area contributed by atoms with Gasteiger partial charge in [0.15, 0.2) is 0 Å². The van der Waals surface area contributed by atoms with E-state index in [1.165, 1.54) is 18.7 Å². The molecule has 0 bridgehead atoms. The van der Waals surface area contributed by atoms with Crippen LogP contribution in [0.3, 0.4) is 0 Å². The number of rotatable bonds is 3. The van der Waals surface area contributed by atoms with Crippen LogP contribution in [-0.4, -0.2) is 49.0 Å². The predicted octanol–water partition coefficient (Wildman–Crippen LogP) is 1.86. The molecule has 4 heteroatoms. The Hall–Kier alpha value is -1.03. The van der Waals surface area contributed by atoms with Crippen molar-refractivity contribution in [2.45, 2.75) is 39.3 Å². The molecule has 0 saturated carbocycles. The van der Waals surface area contributed by atoms with Gasteiger partial charge in [-0.3, -0.25) is 5.32 Å². The molecule has 2 rings (SSSR count). The van der Waals surface area contributed by atoms with Gasteiger partial charge in [0.05, 0.1) is 0 Å². The maximum atomic E-state index is 4.83. The summed E-state index contributed by atoms with van der Waals surface area (Å²) in [5, 5.41) is 3.34. The van der Waals surface area contributed by atoms with Gasteiger partial charge in [-0.2, -0.15) is 0 Å². The average Bonchev–Trinajstić information content (AvgIpc) is 2.39. The topological polar surface area (TPSA) is 30.9 Å². The first-order valence-corrected chi connectivity index (χ1v) is 7.10. The van der Waals surface area contributed by atoms with Gasteiger partial charge in [-0.15, -0.1) is 0 Å². The Bertz CT molecular complexity index is 348. The van der Waals surface area contributed by atoms with Crippen LogP contribution in [0.5, 0.6) is 0 Å². The minimum Gasteiger partial charge on any atom is -0.356 e. The molecule has 1 N–H and O–H groups in total. The van der Waals surface area contributed by atoms with E-state index in [2.05, 4.69) is 42.1 Å². The maximum absolute atomic E-state index is 4.83. The molecule has 0 aliphatic carbocycles. The number of likely N-dealkylation sites (tertiary alicyclic amines) is 1. The molecule has 0 aromatic rings. The van der Waals surface area contributed by atoms with Crippen LogP contribution in [-0.2, 0) is 0 Å². The van der Waals surface area contributed by atoms with Crippen molar-refractivity contribution in [3.8, 4) is 0 Å². The van der Waals surface area contributed by atoms with Crippen LogP contribution in [0.15, 0.2) is 16.9 Å². The van der Waals surface area contributed by atoms with Gasteiger partial charge in [-0.05, 0) is 31.9 Å². The molecule has 2 aliphatic rings. The van der Waals surface area contributed by atoms with E-state index < -0.39 is 0 Å². The summed E-state index contributed by atoms with van der Waals surface area (Å²) in [6.45, 7) is 6.80. The second kappa shape index (κ2) is 5.74. The van der Waals surface area contributed by atoms with Gasteiger partial charge in [0, 0.05) is 26.6 Å². The number of piperidine rings is 1. The highest BCUT2D eigenvalue weighted by molar-refractivity contribution is 5.84. The SMILES string of the molecule is CCC1=NC(N2CCCC(C)C2)=CC(NC)N1C. The third-order valence-corrected chi connectivity index (χ3v) is 3.97. The largest absolute Gasteiger partial charge is 0.356 e. The molecule has 1 saturated heterocycles. The molecule has 18 heavy (non-hydrogen) atoms. The number of nitrogens with one attached hydrogen (secondary N) is 1. The van der Waals surface area contributed by atoms with Crippen molar-refractivity contribution < 1.29 is 0 Å². The third-order valence-electron chi connectivity index (χ3n) is 3.97. The summed E-state index contributed by atoms with van der Waals surface area (Å²) in [4.78, 5) is 9.49. The van der Waals surface area contributed by atoms with Gasteiger partial charge in [0.1, 0.15) is 17.8 Å². The number of hydrogen-bond donors (Lipinski definition) is 1. The van der Waals surface area contributed by atoms with E-state index in [-0.39, 0.29) is 6.17 Å². The van der Waals surface area contributed by atoms with E-state index in [0.717, 1.165) is 31.2 Å². The summed E-state index contributed by atoms with van der Waals surface area (Å²) in [7, 11) is 4.11.